The molecule has 2 N–H and O–H groups in total. The van der Waals surface area contributed by atoms with E-state index < -0.39 is 0 Å². The maximum atomic E-state index is 12.4. The van der Waals surface area contributed by atoms with E-state index in [0.29, 0.717) is 5.91 Å². The van der Waals surface area contributed by atoms with E-state index >= 15 is 0 Å². The van der Waals surface area contributed by atoms with E-state index in [1.54, 1.807) is 0 Å². The summed E-state index contributed by atoms with van der Waals surface area (Å²) in [7, 11) is 0. The zero-order valence-corrected chi connectivity index (χ0v) is 12.4. The molecule has 1 aliphatic rings. The Morgan fingerprint density at radius 3 is 2.39 bits per heavy atom. The summed E-state index contributed by atoms with van der Waals surface area (Å²) in [5.41, 5.74) is 6.06. The van der Waals surface area contributed by atoms with Gasteiger partial charge >= 0.3 is 0 Å². The van der Waals surface area contributed by atoms with Crippen molar-refractivity contribution in [3.63, 3.8) is 0 Å². The van der Waals surface area contributed by atoms with Crippen molar-refractivity contribution in [2.75, 3.05) is 19.6 Å². The molecule has 1 amide bonds. The van der Waals surface area contributed by atoms with Crippen LogP contribution < -0.4 is 5.73 Å². The van der Waals surface area contributed by atoms with Crippen molar-refractivity contribution < 1.29 is 4.79 Å². The molecular weight excluding hydrogens is 224 g/mol. The average molecular weight is 254 g/mol. The molecule has 1 saturated heterocycles. The Balaban J connectivity index is 2.47. The van der Waals surface area contributed by atoms with Crippen molar-refractivity contribution in [2.45, 2.75) is 59.3 Å². The van der Waals surface area contributed by atoms with E-state index in [9.17, 15) is 4.79 Å². The molecule has 3 heteroatoms. The SMILES string of the molecule is CCCCC(CC)C(=O)N1CCC(C)(CN)CC1. The molecular formula is C15H30N2O. The van der Waals surface area contributed by atoms with E-state index in [2.05, 4.69) is 25.7 Å². The topological polar surface area (TPSA) is 46.3 Å². The number of amides is 1. The number of hydrogen-bond donors (Lipinski definition) is 1. The van der Waals surface area contributed by atoms with E-state index in [4.69, 9.17) is 5.73 Å². The summed E-state index contributed by atoms with van der Waals surface area (Å²) in [5.74, 6) is 0.622. The molecule has 1 aliphatic heterocycles. The monoisotopic (exact) mass is 254 g/mol. The second-order valence-corrected chi connectivity index (χ2v) is 6.09. The van der Waals surface area contributed by atoms with Gasteiger partial charge in [-0.2, -0.15) is 0 Å². The zero-order valence-electron chi connectivity index (χ0n) is 12.4. The summed E-state index contributed by atoms with van der Waals surface area (Å²) in [6, 6.07) is 0. The first kappa shape index (κ1) is 15.5. The van der Waals surface area contributed by atoms with Crippen molar-refractivity contribution in [3.05, 3.63) is 0 Å². The normalized spacial score (nSPS) is 20.8. The molecule has 0 radical (unpaired) electrons. The molecule has 1 rings (SSSR count). The van der Waals surface area contributed by atoms with Crippen molar-refractivity contribution in [1.82, 2.24) is 4.90 Å². The van der Waals surface area contributed by atoms with Crippen LogP contribution in [0.1, 0.15) is 59.3 Å². The minimum absolute atomic E-state index is 0.243. The number of hydrogen-bond acceptors (Lipinski definition) is 2. The molecule has 0 spiro atoms. The molecule has 106 valence electrons. The predicted molar refractivity (Wildman–Crippen MR) is 76.3 cm³/mol. The van der Waals surface area contributed by atoms with Gasteiger partial charge in [0.1, 0.15) is 0 Å². The summed E-state index contributed by atoms with van der Waals surface area (Å²) in [6.07, 6.45) is 6.48. The molecule has 1 heterocycles. The van der Waals surface area contributed by atoms with Crippen LogP contribution in [0, 0.1) is 11.3 Å². The second kappa shape index (κ2) is 7.13. The van der Waals surface area contributed by atoms with Gasteiger partial charge in [0.2, 0.25) is 5.91 Å². The molecule has 0 aromatic rings. The molecule has 0 bridgehead atoms. The lowest BCUT2D eigenvalue weighted by atomic mass is 9.80. The third kappa shape index (κ3) is 3.98. The maximum absolute atomic E-state index is 12.4. The fourth-order valence-corrected chi connectivity index (χ4v) is 2.68. The van der Waals surface area contributed by atoms with E-state index in [1.807, 2.05) is 0 Å². The third-order valence-electron chi connectivity index (χ3n) is 4.52. The van der Waals surface area contributed by atoms with Gasteiger partial charge in [-0.15, -0.1) is 0 Å². The minimum atomic E-state index is 0.243. The Morgan fingerprint density at radius 2 is 1.94 bits per heavy atom. The summed E-state index contributed by atoms with van der Waals surface area (Å²) < 4.78 is 0. The van der Waals surface area contributed by atoms with Gasteiger partial charge < -0.3 is 10.6 Å². The lowest BCUT2D eigenvalue weighted by molar-refractivity contribution is -0.138. The highest BCUT2D eigenvalue weighted by Gasteiger charge is 2.32. The molecule has 0 saturated carbocycles. The average Bonchev–Trinajstić information content (AvgIpc) is 2.40. The van der Waals surface area contributed by atoms with Crippen LogP contribution in [-0.4, -0.2) is 30.4 Å². The van der Waals surface area contributed by atoms with Gasteiger partial charge in [-0.3, -0.25) is 4.79 Å². The standard InChI is InChI=1S/C15H30N2O/c1-4-6-7-13(5-2)14(18)17-10-8-15(3,12-16)9-11-17/h13H,4-12,16H2,1-3H3. The molecule has 1 unspecified atom stereocenters. The van der Waals surface area contributed by atoms with Gasteiger partial charge in [-0.05, 0) is 37.6 Å². The third-order valence-corrected chi connectivity index (χ3v) is 4.52. The van der Waals surface area contributed by atoms with Crippen LogP contribution >= 0.6 is 0 Å². The van der Waals surface area contributed by atoms with Crippen molar-refractivity contribution in [1.29, 1.82) is 0 Å². The van der Waals surface area contributed by atoms with E-state index in [0.717, 1.165) is 45.3 Å². The first-order valence-corrected chi connectivity index (χ1v) is 7.55. The van der Waals surface area contributed by atoms with Crippen LogP contribution in [0.25, 0.3) is 0 Å². The van der Waals surface area contributed by atoms with Crippen molar-refractivity contribution >= 4 is 5.91 Å². The molecule has 0 aliphatic carbocycles. The maximum Gasteiger partial charge on any atom is 0.225 e. The Hall–Kier alpha value is -0.570. The molecule has 18 heavy (non-hydrogen) atoms. The number of nitrogens with two attached hydrogens (primary N) is 1. The minimum Gasteiger partial charge on any atom is -0.342 e. The Kier molecular flexibility index (Phi) is 6.13. The van der Waals surface area contributed by atoms with Crippen LogP contribution in [0.3, 0.4) is 0 Å². The largest absolute Gasteiger partial charge is 0.342 e. The number of piperidine rings is 1. The second-order valence-electron chi connectivity index (χ2n) is 6.09. The number of unbranched alkanes of at least 4 members (excludes halogenated alkanes) is 1. The zero-order chi connectivity index (χ0) is 13.6. The first-order chi connectivity index (χ1) is 8.56. The lowest BCUT2D eigenvalue weighted by Crippen LogP contribution is -2.46. The van der Waals surface area contributed by atoms with Crippen LogP contribution in [0.15, 0.2) is 0 Å². The summed E-state index contributed by atoms with van der Waals surface area (Å²) >= 11 is 0. The summed E-state index contributed by atoms with van der Waals surface area (Å²) in [6.45, 7) is 9.09. The van der Waals surface area contributed by atoms with Crippen LogP contribution in [0.4, 0.5) is 0 Å². The number of likely N-dealkylation sites (tertiary alicyclic amines) is 1. The van der Waals surface area contributed by atoms with Gasteiger partial charge in [0.15, 0.2) is 0 Å². The molecule has 1 atom stereocenters. The quantitative estimate of drug-likeness (QED) is 0.792. The Labute approximate surface area is 112 Å². The van der Waals surface area contributed by atoms with Gasteiger partial charge in [0, 0.05) is 19.0 Å². The van der Waals surface area contributed by atoms with Crippen molar-refractivity contribution in [2.24, 2.45) is 17.1 Å². The highest BCUT2D eigenvalue weighted by atomic mass is 16.2. The summed E-state index contributed by atoms with van der Waals surface area (Å²) in [4.78, 5) is 14.5. The van der Waals surface area contributed by atoms with Gasteiger partial charge in [0.05, 0.1) is 0 Å². The lowest BCUT2D eigenvalue weighted by Gasteiger charge is -2.39. The molecule has 3 nitrogen and oxygen atoms in total. The fraction of sp³-hybridized carbons (Fsp3) is 0.933. The van der Waals surface area contributed by atoms with E-state index in [1.165, 1.54) is 12.8 Å². The van der Waals surface area contributed by atoms with Crippen molar-refractivity contribution in [3.8, 4) is 0 Å². The Bertz CT molecular complexity index is 257. The first-order valence-electron chi connectivity index (χ1n) is 7.55. The van der Waals surface area contributed by atoms with Crippen LogP contribution in [-0.2, 0) is 4.79 Å². The molecule has 0 aromatic heterocycles. The summed E-state index contributed by atoms with van der Waals surface area (Å²) in [5, 5.41) is 0. The van der Waals surface area contributed by atoms with Gasteiger partial charge in [0.25, 0.3) is 0 Å². The van der Waals surface area contributed by atoms with Crippen LogP contribution in [0.5, 0.6) is 0 Å². The van der Waals surface area contributed by atoms with Gasteiger partial charge in [-0.1, -0.05) is 33.6 Å². The number of nitrogens with zero attached hydrogens (tertiary/aromatic N) is 1. The van der Waals surface area contributed by atoms with E-state index in [-0.39, 0.29) is 11.3 Å². The molecule has 1 fully saturated rings. The van der Waals surface area contributed by atoms with Crippen LogP contribution in [0.2, 0.25) is 0 Å². The fourth-order valence-electron chi connectivity index (χ4n) is 2.68. The Morgan fingerprint density at radius 1 is 1.33 bits per heavy atom. The number of rotatable bonds is 6. The highest BCUT2D eigenvalue weighted by Crippen LogP contribution is 2.30. The number of carbonyl (C=O) groups is 1. The smallest absolute Gasteiger partial charge is 0.225 e. The van der Waals surface area contributed by atoms with Gasteiger partial charge in [-0.25, -0.2) is 0 Å². The highest BCUT2D eigenvalue weighted by molar-refractivity contribution is 5.78. The number of carbonyl (C=O) groups excluding carboxylic acids is 1. The predicted octanol–water partition coefficient (Wildman–Crippen LogP) is 2.79. The molecule has 0 aromatic carbocycles.